The zero-order valence-electron chi connectivity index (χ0n) is 12.9. The predicted octanol–water partition coefficient (Wildman–Crippen LogP) is 5.30. The van der Waals surface area contributed by atoms with Gasteiger partial charge in [-0.2, -0.15) is 0 Å². The minimum absolute atomic E-state index is 0.525. The Morgan fingerprint density at radius 2 is 1.62 bits per heavy atom. The Hall–Kier alpha value is -1.67. The third kappa shape index (κ3) is 4.40. The number of hydrogen-bond donors (Lipinski definition) is 2. The van der Waals surface area contributed by atoms with E-state index in [1.807, 2.05) is 18.2 Å². The lowest BCUT2D eigenvalue weighted by molar-refractivity contribution is 0.865. The molecule has 0 bridgehead atoms. The van der Waals surface area contributed by atoms with E-state index in [0.717, 1.165) is 23.8 Å². The highest BCUT2D eigenvalue weighted by atomic mass is 35.5. The highest BCUT2D eigenvalue weighted by Gasteiger charge is 2.05. The normalized spacial score (nSPS) is 10.7. The van der Waals surface area contributed by atoms with Crippen LogP contribution in [0.1, 0.15) is 30.9 Å². The summed E-state index contributed by atoms with van der Waals surface area (Å²) in [4.78, 5) is 0. The minimum Gasteiger partial charge on any atom is -0.383 e. The average molecular weight is 303 g/mol. The minimum atomic E-state index is 0.525. The maximum Gasteiger partial charge on any atom is 0.0426 e. The first kappa shape index (κ1) is 15.7. The Bertz CT molecular complexity index is 594. The van der Waals surface area contributed by atoms with Crippen LogP contribution < -0.4 is 10.6 Å². The standard InChI is InChI=1S/C18H23ClN2/c1-13(2)16-6-4-5-7-17(16)20-10-11-21-18-12-15(19)9-8-14(18)3/h4-9,12-13,20-21H,10-11H2,1-3H3. The Labute approximate surface area is 132 Å². The molecule has 21 heavy (non-hydrogen) atoms. The number of rotatable bonds is 6. The maximum atomic E-state index is 6.03. The highest BCUT2D eigenvalue weighted by molar-refractivity contribution is 6.30. The van der Waals surface area contributed by atoms with Crippen LogP contribution >= 0.6 is 11.6 Å². The molecule has 0 amide bonds. The Morgan fingerprint density at radius 3 is 2.33 bits per heavy atom. The Morgan fingerprint density at radius 1 is 0.952 bits per heavy atom. The highest BCUT2D eigenvalue weighted by Crippen LogP contribution is 2.23. The molecule has 0 unspecified atom stereocenters. The van der Waals surface area contributed by atoms with Gasteiger partial charge in [0.15, 0.2) is 0 Å². The molecule has 0 radical (unpaired) electrons. The molecule has 0 aromatic heterocycles. The molecule has 2 rings (SSSR count). The van der Waals surface area contributed by atoms with E-state index < -0.39 is 0 Å². The zero-order chi connectivity index (χ0) is 15.2. The van der Waals surface area contributed by atoms with Gasteiger partial charge in [-0.15, -0.1) is 0 Å². The summed E-state index contributed by atoms with van der Waals surface area (Å²) in [7, 11) is 0. The summed E-state index contributed by atoms with van der Waals surface area (Å²) < 4.78 is 0. The molecule has 2 nitrogen and oxygen atoms in total. The van der Waals surface area contributed by atoms with Crippen LogP contribution in [0, 0.1) is 6.92 Å². The summed E-state index contributed by atoms with van der Waals surface area (Å²) in [6.45, 7) is 8.24. The van der Waals surface area contributed by atoms with E-state index in [0.29, 0.717) is 5.92 Å². The van der Waals surface area contributed by atoms with Gasteiger partial charge in [-0.1, -0.05) is 49.7 Å². The van der Waals surface area contributed by atoms with Crippen molar-refractivity contribution in [3.05, 3.63) is 58.6 Å². The van der Waals surface area contributed by atoms with Crippen molar-refractivity contribution in [1.82, 2.24) is 0 Å². The van der Waals surface area contributed by atoms with Crippen LogP contribution in [0.4, 0.5) is 11.4 Å². The molecule has 0 fully saturated rings. The van der Waals surface area contributed by atoms with Gasteiger partial charge in [0, 0.05) is 29.5 Å². The van der Waals surface area contributed by atoms with Gasteiger partial charge in [0.25, 0.3) is 0 Å². The quantitative estimate of drug-likeness (QED) is 0.708. The lowest BCUT2D eigenvalue weighted by atomic mass is 10.0. The van der Waals surface area contributed by atoms with Crippen molar-refractivity contribution in [3.63, 3.8) is 0 Å². The van der Waals surface area contributed by atoms with Crippen LogP contribution in [0.25, 0.3) is 0 Å². The maximum absolute atomic E-state index is 6.03. The molecule has 0 aliphatic carbocycles. The number of aryl methyl sites for hydroxylation is 1. The second-order valence-electron chi connectivity index (χ2n) is 5.55. The first-order chi connectivity index (χ1) is 10.1. The topological polar surface area (TPSA) is 24.1 Å². The number of hydrogen-bond acceptors (Lipinski definition) is 2. The summed E-state index contributed by atoms with van der Waals surface area (Å²) in [6.07, 6.45) is 0. The number of nitrogens with one attached hydrogen (secondary N) is 2. The fraction of sp³-hybridized carbons (Fsp3) is 0.333. The zero-order valence-corrected chi connectivity index (χ0v) is 13.7. The summed E-state index contributed by atoms with van der Waals surface area (Å²) in [5.41, 5.74) is 4.89. The second-order valence-corrected chi connectivity index (χ2v) is 5.99. The molecule has 0 aliphatic rings. The van der Waals surface area contributed by atoms with Gasteiger partial charge in [-0.25, -0.2) is 0 Å². The van der Waals surface area contributed by atoms with Crippen LogP contribution in [0.3, 0.4) is 0 Å². The van der Waals surface area contributed by atoms with Crippen molar-refractivity contribution < 1.29 is 0 Å². The van der Waals surface area contributed by atoms with Gasteiger partial charge in [-0.05, 0) is 42.2 Å². The third-order valence-corrected chi connectivity index (χ3v) is 3.77. The van der Waals surface area contributed by atoms with Crippen molar-refractivity contribution >= 4 is 23.0 Å². The lowest BCUT2D eigenvalue weighted by Gasteiger charge is -2.15. The van der Waals surface area contributed by atoms with Crippen molar-refractivity contribution in [1.29, 1.82) is 0 Å². The summed E-state index contributed by atoms with van der Waals surface area (Å²) >= 11 is 6.03. The first-order valence-corrected chi connectivity index (χ1v) is 7.78. The number of para-hydroxylation sites is 1. The molecule has 0 aliphatic heterocycles. The molecule has 0 heterocycles. The Kier molecular flexibility index (Phi) is 5.51. The summed E-state index contributed by atoms with van der Waals surface area (Å²) in [5.74, 6) is 0.525. The van der Waals surface area contributed by atoms with Crippen molar-refractivity contribution in [3.8, 4) is 0 Å². The van der Waals surface area contributed by atoms with Gasteiger partial charge in [-0.3, -0.25) is 0 Å². The van der Waals surface area contributed by atoms with Crippen LogP contribution in [0.5, 0.6) is 0 Å². The van der Waals surface area contributed by atoms with Crippen molar-refractivity contribution in [2.45, 2.75) is 26.7 Å². The largest absolute Gasteiger partial charge is 0.383 e. The summed E-state index contributed by atoms with van der Waals surface area (Å²) in [6, 6.07) is 14.4. The van der Waals surface area contributed by atoms with Gasteiger partial charge >= 0.3 is 0 Å². The Balaban J connectivity index is 1.89. The fourth-order valence-corrected chi connectivity index (χ4v) is 2.51. The van der Waals surface area contributed by atoms with Crippen LogP contribution in [0.15, 0.2) is 42.5 Å². The lowest BCUT2D eigenvalue weighted by Crippen LogP contribution is -2.15. The molecule has 3 heteroatoms. The van der Waals surface area contributed by atoms with E-state index in [4.69, 9.17) is 11.6 Å². The number of anilines is 2. The van der Waals surface area contributed by atoms with E-state index in [1.54, 1.807) is 0 Å². The molecule has 0 atom stereocenters. The van der Waals surface area contributed by atoms with Crippen molar-refractivity contribution in [2.24, 2.45) is 0 Å². The molecule has 112 valence electrons. The van der Waals surface area contributed by atoms with Crippen molar-refractivity contribution in [2.75, 3.05) is 23.7 Å². The molecule has 0 saturated carbocycles. The first-order valence-electron chi connectivity index (χ1n) is 7.40. The average Bonchev–Trinajstić information content (AvgIpc) is 2.47. The van der Waals surface area contributed by atoms with Gasteiger partial charge in [0.05, 0.1) is 0 Å². The van der Waals surface area contributed by atoms with E-state index in [1.165, 1.54) is 16.8 Å². The van der Waals surface area contributed by atoms with Crippen LogP contribution in [-0.2, 0) is 0 Å². The number of benzene rings is 2. The number of halogens is 1. The molecule has 2 N–H and O–H groups in total. The van der Waals surface area contributed by atoms with E-state index in [2.05, 4.69) is 55.7 Å². The molecule has 2 aromatic rings. The van der Waals surface area contributed by atoms with E-state index in [-0.39, 0.29) is 0 Å². The van der Waals surface area contributed by atoms with Gasteiger partial charge in [0.1, 0.15) is 0 Å². The van der Waals surface area contributed by atoms with E-state index in [9.17, 15) is 0 Å². The SMILES string of the molecule is Cc1ccc(Cl)cc1NCCNc1ccccc1C(C)C. The third-order valence-electron chi connectivity index (χ3n) is 3.54. The van der Waals surface area contributed by atoms with Crippen LogP contribution in [-0.4, -0.2) is 13.1 Å². The second kappa shape index (κ2) is 7.37. The van der Waals surface area contributed by atoms with Crippen LogP contribution in [0.2, 0.25) is 5.02 Å². The van der Waals surface area contributed by atoms with E-state index >= 15 is 0 Å². The molecular weight excluding hydrogens is 280 g/mol. The fourth-order valence-electron chi connectivity index (χ4n) is 2.34. The molecular formula is C18H23ClN2. The smallest absolute Gasteiger partial charge is 0.0426 e. The molecule has 0 saturated heterocycles. The summed E-state index contributed by atoms with van der Waals surface area (Å²) in [5, 5.41) is 7.69. The monoisotopic (exact) mass is 302 g/mol. The van der Waals surface area contributed by atoms with Gasteiger partial charge in [0.2, 0.25) is 0 Å². The van der Waals surface area contributed by atoms with Gasteiger partial charge < -0.3 is 10.6 Å². The molecule has 2 aromatic carbocycles. The molecule has 0 spiro atoms. The predicted molar refractivity (Wildman–Crippen MR) is 93.7 cm³/mol.